The zero-order valence-electron chi connectivity index (χ0n) is 24.4. The number of fused-ring (bicyclic) bond motifs is 1. The normalized spacial score (nSPS) is 16.8. The molecule has 45 heavy (non-hydrogen) atoms. The first-order valence-electron chi connectivity index (χ1n) is 12.9. The number of rotatable bonds is 2. The maximum atomic E-state index is 13.2. The van der Waals surface area contributed by atoms with Crippen molar-refractivity contribution in [3.05, 3.63) is 99.0 Å². The summed E-state index contributed by atoms with van der Waals surface area (Å²) in [5.74, 6) is 0. The molecule has 0 atom stereocenters. The molecule has 0 spiro atoms. The number of allylic oxidation sites excluding steroid dienone is 4. The average Bonchev–Trinajstić information content (AvgIpc) is 3.50. The van der Waals surface area contributed by atoms with Gasteiger partial charge in [-0.3, -0.25) is 4.99 Å². The topological polar surface area (TPSA) is 12.4 Å². The van der Waals surface area contributed by atoms with Crippen molar-refractivity contribution >= 4 is 24.6 Å². The number of alkyl halides is 9. The molecular weight excluding hydrogens is 748 g/mol. The van der Waals surface area contributed by atoms with Crippen molar-refractivity contribution in [3.8, 4) is 11.1 Å². The predicted molar refractivity (Wildman–Crippen MR) is 148 cm³/mol. The maximum absolute atomic E-state index is 13.2. The van der Waals surface area contributed by atoms with Crippen LogP contribution in [0.15, 0.2) is 92.9 Å². The van der Waals surface area contributed by atoms with Crippen molar-refractivity contribution in [2.45, 2.75) is 57.8 Å². The van der Waals surface area contributed by atoms with Gasteiger partial charge >= 0.3 is 44.7 Å². The van der Waals surface area contributed by atoms with Crippen LogP contribution in [0, 0.1) is 6.92 Å². The molecule has 0 aromatic heterocycles. The summed E-state index contributed by atoms with van der Waals surface area (Å²) in [7, 11) is -1.15. The van der Waals surface area contributed by atoms with Crippen LogP contribution in [0.25, 0.3) is 21.9 Å². The Morgan fingerprint density at radius 3 is 1.73 bits per heavy atom. The summed E-state index contributed by atoms with van der Waals surface area (Å²) in [6, 6.07) is 10.7. The number of hydrogen-bond acceptors (Lipinski definition) is 1. The van der Waals surface area contributed by atoms with E-state index in [-0.39, 0.29) is 68.7 Å². The van der Waals surface area contributed by atoms with Gasteiger partial charge in [-0.2, -0.15) is 45.6 Å². The van der Waals surface area contributed by atoms with Gasteiger partial charge in [-0.15, -0.1) is 34.5 Å². The average molecular weight is 773 g/mol. The van der Waals surface area contributed by atoms with Crippen molar-refractivity contribution in [2.24, 2.45) is 4.99 Å². The number of nitrogens with zero attached hydrogens (tertiary/aromatic N) is 1. The van der Waals surface area contributed by atoms with Gasteiger partial charge in [0.1, 0.15) is 8.07 Å². The fourth-order valence-corrected chi connectivity index (χ4v) is 10.4. The Balaban J connectivity index is 0.000000369. The van der Waals surface area contributed by atoms with E-state index in [0.717, 1.165) is 23.1 Å². The summed E-state index contributed by atoms with van der Waals surface area (Å²) in [6.07, 6.45) is -17.6. The van der Waals surface area contributed by atoms with Gasteiger partial charge in [0.05, 0.1) is 5.70 Å². The Labute approximate surface area is 286 Å². The minimum Gasteiger partial charge on any atom is -1.00 e. The molecule has 0 fully saturated rings. The second-order valence-corrected chi connectivity index (χ2v) is 15.6. The third kappa shape index (κ3) is 5.87. The summed E-state index contributed by atoms with van der Waals surface area (Å²) in [5, 5.41) is 4.76. The maximum Gasteiger partial charge on any atom is 3.00 e. The monoisotopic (exact) mass is 770 g/mol. The Morgan fingerprint density at radius 2 is 1.27 bits per heavy atom. The van der Waals surface area contributed by atoms with Gasteiger partial charge in [0.2, 0.25) is 0 Å². The fraction of sp³-hybridized carbons (Fsp3) is 0.290. The van der Waals surface area contributed by atoms with E-state index in [1.165, 1.54) is 22.6 Å². The van der Waals surface area contributed by atoms with Gasteiger partial charge in [-0.25, -0.2) is 0 Å². The van der Waals surface area contributed by atoms with Crippen LogP contribution in [0.5, 0.6) is 0 Å². The van der Waals surface area contributed by atoms with E-state index < -0.39 is 37.6 Å². The molecule has 1 nitrogen and oxygen atoms in total. The van der Waals surface area contributed by atoms with Crippen LogP contribution in [-0.2, 0) is 31.6 Å². The quantitative estimate of drug-likeness (QED) is 0.210. The Morgan fingerprint density at radius 1 is 0.733 bits per heavy atom. The summed E-state index contributed by atoms with van der Waals surface area (Å²) >= 11 is 0. The van der Waals surface area contributed by atoms with Crippen molar-refractivity contribution in [3.63, 3.8) is 0 Å². The molecule has 0 N–H and O–H groups in total. The van der Waals surface area contributed by atoms with Crippen LogP contribution in [0.1, 0.15) is 25.0 Å². The summed E-state index contributed by atoms with van der Waals surface area (Å²) in [5.41, 5.74) is -0.846. The van der Waals surface area contributed by atoms with Crippen LogP contribution in [0.2, 0.25) is 13.1 Å². The number of aryl methyl sites for hydroxylation is 1. The van der Waals surface area contributed by atoms with E-state index in [2.05, 4.69) is 38.0 Å². The van der Waals surface area contributed by atoms with Gasteiger partial charge in [-0.1, -0.05) is 55.9 Å². The second-order valence-electron chi connectivity index (χ2n) is 11.3. The molecule has 3 aliphatic heterocycles. The van der Waals surface area contributed by atoms with Crippen LogP contribution in [0.4, 0.5) is 39.5 Å². The molecule has 3 aromatic carbocycles. The molecule has 14 heteroatoms. The first-order valence-corrected chi connectivity index (χ1v) is 15.9. The molecule has 0 saturated carbocycles. The third-order valence-corrected chi connectivity index (χ3v) is 12.0. The van der Waals surface area contributed by atoms with Gasteiger partial charge in [0.15, 0.2) is 0 Å². The zero-order valence-corrected chi connectivity index (χ0v) is 29.3. The molecule has 2 bridgehead atoms. The van der Waals surface area contributed by atoms with Gasteiger partial charge in [0, 0.05) is 11.3 Å². The molecule has 0 saturated heterocycles. The van der Waals surface area contributed by atoms with Crippen molar-refractivity contribution < 1.29 is 90.5 Å². The molecule has 1 radical (unpaired) electrons. The van der Waals surface area contributed by atoms with Gasteiger partial charge in [-0.05, 0) is 47.0 Å². The van der Waals surface area contributed by atoms with Crippen LogP contribution >= 0.6 is 0 Å². The first-order chi connectivity index (χ1) is 19.2. The summed E-state index contributed by atoms with van der Waals surface area (Å²) in [6.45, 7) is 11.0. The SMILES string of the molecule is CC1=NC2=C3C(C)=C(C2=C1)[Si]3(C)C.Cc1cc2c(-c3ccc(C(C(F)(F)F)(C(F)(F)F)C(F)(F)F)cc3)cccc2[cH-]1.[Cl-].[Cl-].[Zr+3]. The molecule has 3 heterocycles. The number of hydrogen-bond donors (Lipinski definition) is 0. The van der Waals surface area contributed by atoms with E-state index in [0.29, 0.717) is 10.9 Å². The Hall–Kier alpha value is -2.01. The van der Waals surface area contributed by atoms with E-state index in [1.54, 1.807) is 41.6 Å². The predicted octanol–water partition coefficient (Wildman–Crippen LogP) is 4.24. The molecule has 1 aliphatic carbocycles. The van der Waals surface area contributed by atoms with Gasteiger partial charge < -0.3 is 24.8 Å². The third-order valence-electron chi connectivity index (χ3n) is 8.20. The smallest absolute Gasteiger partial charge is 1.00 e. The Bertz CT molecular complexity index is 1700. The zero-order chi connectivity index (χ0) is 31.2. The molecule has 0 unspecified atom stereocenters. The van der Waals surface area contributed by atoms with Crippen LogP contribution in [0.3, 0.4) is 0 Å². The van der Waals surface area contributed by atoms with Gasteiger partial charge in [0.25, 0.3) is 5.41 Å². The molecule has 3 aromatic rings. The standard InChI is InChI=1S/C20H12F9.C11H13NSi.2ClH.Zr/c1-11-9-13-3-2-4-15(16(13)10-11)12-5-7-14(8-6-12)17(18(21,22)23,19(24,25)26)20(27,28)29;1-6-5-8-9(12-6)11-7(2)10(8)13(11,3)4;;;/h2-10H,1H3;5H,1-4H3;2*1H;/q-1;;;;+3/p-2. The first kappa shape index (κ1) is 39.2. The summed E-state index contributed by atoms with van der Waals surface area (Å²) in [4.78, 5) is 4.62. The molecule has 0 amide bonds. The summed E-state index contributed by atoms with van der Waals surface area (Å²) < 4.78 is 119. The minimum absolute atomic E-state index is 0. The largest absolute Gasteiger partial charge is 3.00 e. The van der Waals surface area contributed by atoms with Crippen molar-refractivity contribution in [1.82, 2.24) is 0 Å². The minimum atomic E-state index is -6.63. The van der Waals surface area contributed by atoms with E-state index in [9.17, 15) is 39.5 Å². The number of halogens is 11. The van der Waals surface area contributed by atoms with Crippen LogP contribution in [-0.4, -0.2) is 32.3 Å². The number of benzene rings is 2. The Kier molecular flexibility index (Phi) is 10.9. The molecule has 4 aliphatic rings. The van der Waals surface area contributed by atoms with E-state index in [4.69, 9.17) is 0 Å². The van der Waals surface area contributed by atoms with Crippen LogP contribution < -0.4 is 24.8 Å². The van der Waals surface area contributed by atoms with E-state index >= 15 is 0 Å². The number of aliphatic imine (C=N–C) groups is 1. The molecular formula is C31H25Cl2F9NSiZr. The van der Waals surface area contributed by atoms with E-state index in [1.807, 2.05) is 6.07 Å². The molecule has 239 valence electrons. The molecule has 7 rings (SSSR count). The van der Waals surface area contributed by atoms with Crippen molar-refractivity contribution in [1.29, 1.82) is 0 Å². The fourth-order valence-electron chi connectivity index (χ4n) is 6.57. The second kappa shape index (κ2) is 12.5. The van der Waals surface area contributed by atoms with Crippen molar-refractivity contribution in [2.75, 3.05) is 0 Å².